The summed E-state index contributed by atoms with van der Waals surface area (Å²) in [6.07, 6.45) is 5.49. The van der Waals surface area contributed by atoms with Crippen LogP contribution in [0.1, 0.15) is 27.7 Å². The van der Waals surface area contributed by atoms with Gasteiger partial charge in [-0.3, -0.25) is 43.2 Å². The Hall–Kier alpha value is -1.27. The molecule has 4 bridgehead atoms. The first kappa shape index (κ1) is 33.7. The van der Waals surface area contributed by atoms with E-state index in [1.807, 2.05) is 13.3 Å². The van der Waals surface area contributed by atoms with Crippen molar-refractivity contribution < 1.29 is 89.8 Å². The molecule has 7 unspecified atom stereocenters. The largest absolute Gasteiger partial charge is 2.00 e. The number of hydrogen-bond donors (Lipinski definition) is 0. The quantitative estimate of drug-likeness (QED) is 0.231. The van der Waals surface area contributed by atoms with Gasteiger partial charge in [-0.15, -0.1) is 0 Å². The molecule has 4 rings (SSSR count). The summed E-state index contributed by atoms with van der Waals surface area (Å²) in [4.78, 5) is 57.1. The van der Waals surface area contributed by atoms with Crippen LogP contribution in [0.15, 0.2) is 0 Å². The number of carbonyl (C=O) groups excluding carboxylic acids is 5. The van der Waals surface area contributed by atoms with Crippen LogP contribution in [-0.4, -0.2) is 62.4 Å². The zero-order chi connectivity index (χ0) is 23.6. The number of hydrogen-bond acceptors (Lipinski definition) is 10. The zero-order valence-corrected chi connectivity index (χ0v) is 24.9. The van der Waals surface area contributed by atoms with Gasteiger partial charge in [0.15, 0.2) is 0 Å². The van der Waals surface area contributed by atoms with Gasteiger partial charge in [-0.25, -0.2) is 0 Å². The molecular formula is C23H30O10W2. The molecule has 2 aliphatic heterocycles. The van der Waals surface area contributed by atoms with Crippen molar-refractivity contribution in [2.75, 3.05) is 14.2 Å². The van der Waals surface area contributed by atoms with E-state index in [1.165, 1.54) is 20.6 Å². The van der Waals surface area contributed by atoms with Crippen LogP contribution in [0, 0.1) is 55.3 Å². The van der Waals surface area contributed by atoms with E-state index in [9.17, 15) is 24.0 Å². The Kier molecular flexibility index (Phi) is 13.9. The second kappa shape index (κ2) is 14.5. The summed E-state index contributed by atoms with van der Waals surface area (Å²) in [5.74, 6) is -4.33. The Morgan fingerprint density at radius 3 is 1.77 bits per heavy atom. The summed E-state index contributed by atoms with van der Waals surface area (Å²) in [6, 6.07) is 0. The summed E-state index contributed by atoms with van der Waals surface area (Å²) < 4.78 is 24.5. The molecule has 4 aliphatic rings. The maximum absolute atomic E-state index is 11.6. The van der Waals surface area contributed by atoms with Crippen LogP contribution in [0.25, 0.3) is 0 Å². The van der Waals surface area contributed by atoms with Gasteiger partial charge in [0.1, 0.15) is 0 Å². The molecule has 194 valence electrons. The summed E-state index contributed by atoms with van der Waals surface area (Å²) in [7, 11) is 2.57. The van der Waals surface area contributed by atoms with Crippen molar-refractivity contribution in [3.8, 4) is 0 Å². The van der Waals surface area contributed by atoms with E-state index < -0.39 is 53.8 Å². The number of fused-ring (bicyclic) bond motifs is 4. The first-order valence-corrected chi connectivity index (χ1v) is 10.4. The van der Waals surface area contributed by atoms with E-state index in [-0.39, 0.29) is 79.9 Å². The second-order valence-electron chi connectivity index (χ2n) is 7.89. The molecule has 0 aromatic rings. The van der Waals surface area contributed by atoms with Gasteiger partial charge in [-0.2, -0.15) is 5.92 Å². The van der Waals surface area contributed by atoms with Crippen LogP contribution in [0.2, 0.25) is 0 Å². The van der Waals surface area contributed by atoms with Crippen molar-refractivity contribution in [2.45, 2.75) is 46.0 Å². The van der Waals surface area contributed by atoms with Gasteiger partial charge in [0.2, 0.25) is 0 Å². The maximum atomic E-state index is 11.6. The SMILES string of the molecule is C.CCC(=O)OC1[CH-]C(C(=O)OC)C2[CH-]C1OC2=O.COC(=O)C1[CH-][C@@H](C)C2[CH-]C1C(=O)O2.[W+2].[W+2]. The Balaban J connectivity index is 0.000000623. The van der Waals surface area contributed by atoms with Crippen molar-refractivity contribution in [3.05, 3.63) is 25.7 Å². The molecule has 0 aromatic carbocycles. The summed E-state index contributed by atoms with van der Waals surface area (Å²) >= 11 is 0. The fourth-order valence-corrected chi connectivity index (χ4v) is 4.12. The van der Waals surface area contributed by atoms with E-state index in [4.69, 9.17) is 14.2 Å². The smallest absolute Gasteiger partial charge is 0.499 e. The molecule has 4 fully saturated rings. The Bertz CT molecular complexity index is 788. The summed E-state index contributed by atoms with van der Waals surface area (Å²) in [6.45, 7) is 3.59. The van der Waals surface area contributed by atoms with Gasteiger partial charge in [0, 0.05) is 6.42 Å². The normalized spacial score (nSPS) is 33.6. The van der Waals surface area contributed by atoms with Crippen molar-refractivity contribution in [1.29, 1.82) is 0 Å². The number of carbonyl (C=O) groups is 5. The van der Waals surface area contributed by atoms with Crippen LogP contribution >= 0.6 is 0 Å². The number of ether oxygens (including phenoxy) is 5. The molecule has 8 atom stereocenters. The van der Waals surface area contributed by atoms with E-state index >= 15 is 0 Å². The predicted octanol–water partition coefficient (Wildman–Crippen LogP) is 1.07. The van der Waals surface area contributed by atoms with Crippen molar-refractivity contribution in [2.24, 2.45) is 29.6 Å². The summed E-state index contributed by atoms with van der Waals surface area (Å²) in [5, 5.41) is 0. The minimum absolute atomic E-state index is 0. The van der Waals surface area contributed by atoms with Crippen molar-refractivity contribution >= 4 is 29.8 Å². The first-order chi connectivity index (χ1) is 15.2. The van der Waals surface area contributed by atoms with Gasteiger partial charge in [0.05, 0.1) is 14.2 Å². The van der Waals surface area contributed by atoms with Crippen LogP contribution in [0.4, 0.5) is 0 Å². The fourth-order valence-electron chi connectivity index (χ4n) is 4.12. The summed E-state index contributed by atoms with van der Waals surface area (Å²) in [5.41, 5.74) is 0. The molecule has 2 saturated carbocycles. The van der Waals surface area contributed by atoms with E-state index in [0.29, 0.717) is 0 Å². The van der Waals surface area contributed by atoms with Crippen molar-refractivity contribution in [3.63, 3.8) is 0 Å². The number of esters is 5. The fraction of sp³-hybridized carbons (Fsp3) is 0.609. The molecule has 12 heteroatoms. The molecule has 0 amide bonds. The third-order valence-corrected chi connectivity index (χ3v) is 5.87. The molecule has 0 N–H and O–H groups in total. The molecule has 0 radical (unpaired) electrons. The average molecular weight is 834 g/mol. The van der Waals surface area contributed by atoms with Crippen LogP contribution in [0.3, 0.4) is 0 Å². The van der Waals surface area contributed by atoms with Gasteiger partial charge in [-0.05, 0) is 18.3 Å². The molecule has 10 nitrogen and oxygen atoms in total. The third kappa shape index (κ3) is 7.38. The van der Waals surface area contributed by atoms with E-state index in [2.05, 4.69) is 9.47 Å². The van der Waals surface area contributed by atoms with Gasteiger partial charge in [-0.1, -0.05) is 44.9 Å². The Morgan fingerprint density at radius 2 is 1.29 bits per heavy atom. The predicted molar refractivity (Wildman–Crippen MR) is 111 cm³/mol. The minimum Gasteiger partial charge on any atom is -0.499 e. The zero-order valence-electron chi connectivity index (χ0n) is 19.0. The maximum Gasteiger partial charge on any atom is 2.00 e. The first-order valence-electron chi connectivity index (χ1n) is 10.4. The van der Waals surface area contributed by atoms with E-state index in [1.54, 1.807) is 19.8 Å². The molecular weight excluding hydrogens is 804 g/mol. The second-order valence-corrected chi connectivity index (χ2v) is 7.89. The standard InChI is InChI=1S/C12H14O6.C10H12O4.CH4.2W/c1-3-10(13)17-8-4-6(11(14)16-2)7-5-9(8)18-12(7)15;1-5-3-6(9(11)13-2)7-4-8(5)14-10(7)12;;;/h4-9H,3H2,1-2H3;3-8H,1-2H3;1H4;;/q2*-2;;2*+2/t;5-,6?,7?,8?;;;/m.1.../s1. The van der Waals surface area contributed by atoms with Crippen molar-refractivity contribution in [1.82, 2.24) is 0 Å². The van der Waals surface area contributed by atoms with Crippen LogP contribution < -0.4 is 0 Å². The molecule has 2 saturated heterocycles. The molecule has 2 aliphatic carbocycles. The Labute approximate surface area is 234 Å². The van der Waals surface area contributed by atoms with Gasteiger partial charge < -0.3 is 30.1 Å². The van der Waals surface area contributed by atoms with Gasteiger partial charge >= 0.3 is 48.1 Å². The Morgan fingerprint density at radius 1 is 0.829 bits per heavy atom. The van der Waals surface area contributed by atoms with Gasteiger partial charge in [0.25, 0.3) is 23.9 Å². The number of rotatable bonds is 4. The molecule has 2 heterocycles. The number of methoxy groups -OCH3 is 2. The third-order valence-electron chi connectivity index (χ3n) is 5.87. The van der Waals surface area contributed by atoms with Crippen LogP contribution in [-0.2, 0) is 89.8 Å². The molecule has 0 spiro atoms. The topological polar surface area (TPSA) is 132 Å². The monoisotopic (exact) mass is 834 g/mol. The molecule has 35 heavy (non-hydrogen) atoms. The average Bonchev–Trinajstić information content (AvgIpc) is 3.30. The molecule has 0 aromatic heterocycles. The van der Waals surface area contributed by atoms with E-state index in [0.717, 1.165) is 0 Å². The van der Waals surface area contributed by atoms with Crippen LogP contribution in [0.5, 0.6) is 0 Å². The minimum atomic E-state index is -0.754.